The normalized spacial score (nSPS) is 20.8. The molecule has 0 saturated heterocycles. The molecule has 3 rings (SSSR count). The lowest BCUT2D eigenvalue weighted by molar-refractivity contribution is 0.138. The topological polar surface area (TPSA) is 60.0 Å². The molecule has 1 aromatic rings. The van der Waals surface area contributed by atoms with Gasteiger partial charge in [-0.1, -0.05) is 12.1 Å². The molecule has 18 heavy (non-hydrogen) atoms. The Morgan fingerprint density at radius 3 is 2.78 bits per heavy atom. The first kappa shape index (κ1) is 11.3. The molecule has 0 radical (unpaired) electrons. The van der Waals surface area contributed by atoms with Crippen LogP contribution in [0.2, 0.25) is 0 Å². The SMILES string of the molecule is CC1(C)Cc2cccc(C3=NN=C(N)CC3)c2O1. The average Bonchev–Trinajstić information content (AvgIpc) is 2.64. The molecule has 94 valence electrons. The van der Waals surface area contributed by atoms with Crippen LogP contribution >= 0.6 is 0 Å². The molecule has 0 spiro atoms. The zero-order chi connectivity index (χ0) is 12.8. The van der Waals surface area contributed by atoms with Crippen molar-refractivity contribution in [2.24, 2.45) is 15.9 Å². The molecule has 0 saturated carbocycles. The van der Waals surface area contributed by atoms with Crippen LogP contribution in [-0.2, 0) is 6.42 Å². The number of amidine groups is 1. The van der Waals surface area contributed by atoms with Gasteiger partial charge >= 0.3 is 0 Å². The molecular weight excluding hydrogens is 226 g/mol. The van der Waals surface area contributed by atoms with Gasteiger partial charge in [0, 0.05) is 18.4 Å². The highest BCUT2D eigenvalue weighted by molar-refractivity contribution is 6.06. The van der Waals surface area contributed by atoms with E-state index in [1.54, 1.807) is 0 Å². The van der Waals surface area contributed by atoms with Crippen molar-refractivity contribution in [3.05, 3.63) is 29.3 Å². The number of hydrogen-bond acceptors (Lipinski definition) is 4. The molecule has 2 aliphatic rings. The maximum atomic E-state index is 6.04. The summed E-state index contributed by atoms with van der Waals surface area (Å²) in [7, 11) is 0. The smallest absolute Gasteiger partial charge is 0.132 e. The minimum Gasteiger partial charge on any atom is -0.487 e. The third-order valence-electron chi connectivity index (χ3n) is 3.32. The highest BCUT2D eigenvalue weighted by Gasteiger charge is 2.32. The van der Waals surface area contributed by atoms with Crippen LogP contribution in [0.15, 0.2) is 28.4 Å². The predicted molar refractivity (Wildman–Crippen MR) is 72.2 cm³/mol. The Balaban J connectivity index is 2.04. The van der Waals surface area contributed by atoms with E-state index < -0.39 is 0 Å². The number of nitrogens with two attached hydrogens (primary N) is 1. The van der Waals surface area contributed by atoms with Crippen LogP contribution in [0.3, 0.4) is 0 Å². The van der Waals surface area contributed by atoms with E-state index in [0.29, 0.717) is 5.84 Å². The number of hydrogen-bond donors (Lipinski definition) is 1. The molecule has 0 aliphatic carbocycles. The average molecular weight is 243 g/mol. The summed E-state index contributed by atoms with van der Waals surface area (Å²) >= 11 is 0. The Morgan fingerprint density at radius 1 is 1.22 bits per heavy atom. The Morgan fingerprint density at radius 2 is 2.06 bits per heavy atom. The monoisotopic (exact) mass is 243 g/mol. The Hall–Kier alpha value is -1.84. The van der Waals surface area contributed by atoms with Gasteiger partial charge in [0.15, 0.2) is 0 Å². The summed E-state index contributed by atoms with van der Waals surface area (Å²) < 4.78 is 6.04. The number of fused-ring (bicyclic) bond motifs is 1. The van der Waals surface area contributed by atoms with Crippen LogP contribution in [-0.4, -0.2) is 17.1 Å². The van der Waals surface area contributed by atoms with Gasteiger partial charge in [-0.25, -0.2) is 0 Å². The Labute approximate surface area is 107 Å². The van der Waals surface area contributed by atoms with E-state index in [-0.39, 0.29) is 5.60 Å². The van der Waals surface area contributed by atoms with Gasteiger partial charge in [0.2, 0.25) is 0 Å². The summed E-state index contributed by atoms with van der Waals surface area (Å²) in [6, 6.07) is 6.23. The molecular formula is C14H17N3O. The van der Waals surface area contributed by atoms with Crippen molar-refractivity contribution < 1.29 is 4.74 Å². The van der Waals surface area contributed by atoms with Crippen molar-refractivity contribution in [3.8, 4) is 5.75 Å². The quantitative estimate of drug-likeness (QED) is 0.822. The largest absolute Gasteiger partial charge is 0.487 e. The van der Waals surface area contributed by atoms with Gasteiger partial charge in [0.1, 0.15) is 17.2 Å². The second-order valence-corrected chi connectivity index (χ2v) is 5.47. The van der Waals surface area contributed by atoms with Crippen molar-refractivity contribution in [1.82, 2.24) is 0 Å². The van der Waals surface area contributed by atoms with Crippen molar-refractivity contribution in [3.63, 3.8) is 0 Å². The maximum absolute atomic E-state index is 6.04. The fourth-order valence-electron chi connectivity index (χ4n) is 2.50. The molecule has 0 unspecified atom stereocenters. The number of nitrogens with zero attached hydrogens (tertiary/aromatic N) is 2. The van der Waals surface area contributed by atoms with Gasteiger partial charge in [0.25, 0.3) is 0 Å². The first-order valence-electron chi connectivity index (χ1n) is 6.25. The second-order valence-electron chi connectivity index (χ2n) is 5.47. The molecule has 2 N–H and O–H groups in total. The number of para-hydroxylation sites is 1. The number of rotatable bonds is 1. The summed E-state index contributed by atoms with van der Waals surface area (Å²) in [6.07, 6.45) is 2.54. The lowest BCUT2D eigenvalue weighted by Gasteiger charge is -2.19. The highest BCUT2D eigenvalue weighted by Crippen LogP contribution is 2.38. The molecule has 1 aromatic carbocycles. The zero-order valence-electron chi connectivity index (χ0n) is 10.7. The zero-order valence-corrected chi connectivity index (χ0v) is 10.7. The standard InChI is InChI=1S/C14H17N3O/c1-14(2)8-9-4-3-5-10(13(9)18-14)11-6-7-12(15)17-16-11/h3-5H,6-8H2,1-2H3,(H2,15,17). The van der Waals surface area contributed by atoms with Gasteiger partial charge in [0.05, 0.1) is 5.71 Å². The fraction of sp³-hybridized carbons (Fsp3) is 0.429. The van der Waals surface area contributed by atoms with Crippen LogP contribution in [0.4, 0.5) is 0 Å². The molecule has 4 heteroatoms. The first-order valence-corrected chi connectivity index (χ1v) is 6.25. The predicted octanol–water partition coefficient (Wildman–Crippen LogP) is 2.26. The Kier molecular flexibility index (Phi) is 2.40. The molecule has 2 aliphatic heterocycles. The number of benzene rings is 1. The molecule has 0 bridgehead atoms. The summed E-state index contributed by atoms with van der Waals surface area (Å²) in [5, 5.41) is 8.18. The second kappa shape index (κ2) is 3.83. The lowest BCUT2D eigenvalue weighted by atomic mass is 9.98. The van der Waals surface area contributed by atoms with Crippen molar-refractivity contribution >= 4 is 11.5 Å². The fourth-order valence-corrected chi connectivity index (χ4v) is 2.50. The summed E-state index contributed by atoms with van der Waals surface area (Å²) in [6.45, 7) is 4.21. The summed E-state index contributed by atoms with van der Waals surface area (Å²) in [5.41, 5.74) is 8.80. The van der Waals surface area contributed by atoms with E-state index in [1.165, 1.54) is 5.56 Å². The van der Waals surface area contributed by atoms with Crippen molar-refractivity contribution in [2.45, 2.75) is 38.7 Å². The van der Waals surface area contributed by atoms with Crippen LogP contribution in [0.1, 0.15) is 37.8 Å². The van der Waals surface area contributed by atoms with E-state index >= 15 is 0 Å². The minimum atomic E-state index is -0.129. The first-order chi connectivity index (χ1) is 8.55. The molecule has 0 amide bonds. The van der Waals surface area contributed by atoms with Gasteiger partial charge in [-0.05, 0) is 31.9 Å². The van der Waals surface area contributed by atoms with Gasteiger partial charge in [-0.2, -0.15) is 5.10 Å². The van der Waals surface area contributed by atoms with Gasteiger partial charge in [-0.3, -0.25) is 0 Å². The molecule has 0 fully saturated rings. The Bertz CT molecular complexity index is 558. The van der Waals surface area contributed by atoms with Crippen molar-refractivity contribution in [2.75, 3.05) is 0 Å². The molecule has 4 nitrogen and oxygen atoms in total. The van der Waals surface area contributed by atoms with E-state index in [1.807, 2.05) is 0 Å². The van der Waals surface area contributed by atoms with Gasteiger partial charge < -0.3 is 10.5 Å². The highest BCUT2D eigenvalue weighted by atomic mass is 16.5. The van der Waals surface area contributed by atoms with Crippen molar-refractivity contribution in [1.29, 1.82) is 0 Å². The lowest BCUT2D eigenvalue weighted by Crippen LogP contribution is -2.25. The van der Waals surface area contributed by atoms with E-state index in [2.05, 4.69) is 42.2 Å². The third-order valence-corrected chi connectivity index (χ3v) is 3.32. The molecule has 0 atom stereocenters. The van der Waals surface area contributed by atoms with E-state index in [9.17, 15) is 0 Å². The van der Waals surface area contributed by atoms with E-state index in [0.717, 1.165) is 36.3 Å². The third kappa shape index (κ3) is 1.88. The van der Waals surface area contributed by atoms with E-state index in [4.69, 9.17) is 10.5 Å². The minimum absolute atomic E-state index is 0.129. The van der Waals surface area contributed by atoms with Crippen LogP contribution < -0.4 is 10.5 Å². The number of ether oxygens (including phenoxy) is 1. The summed E-state index contributed by atoms with van der Waals surface area (Å²) in [4.78, 5) is 0. The van der Waals surface area contributed by atoms with Gasteiger partial charge in [-0.15, -0.1) is 5.10 Å². The molecule has 0 aromatic heterocycles. The maximum Gasteiger partial charge on any atom is 0.132 e. The van der Waals surface area contributed by atoms with Crippen LogP contribution in [0, 0.1) is 0 Å². The van der Waals surface area contributed by atoms with Crippen LogP contribution in [0.25, 0.3) is 0 Å². The molecule has 2 heterocycles. The summed E-state index contributed by atoms with van der Waals surface area (Å²) in [5.74, 6) is 1.57. The van der Waals surface area contributed by atoms with Crippen LogP contribution in [0.5, 0.6) is 5.75 Å².